The number of allylic oxidation sites excluding steroid dienone is 2. The third kappa shape index (κ3) is 12.1. The fraction of sp³-hybridized carbons (Fsp3) is 0.667. The Morgan fingerprint density at radius 3 is 2.67 bits per heavy atom. The minimum absolute atomic E-state index is 0.0173. The van der Waals surface area contributed by atoms with Gasteiger partial charge in [-0.25, -0.2) is 9.69 Å². The average molecular weight is 563 g/mol. The number of carbonyl (C=O) groups excluding carboxylic acids is 2. The Bertz CT molecular complexity index is 962. The Labute approximate surface area is 240 Å². The molecule has 1 heterocycles. The van der Waals surface area contributed by atoms with Gasteiger partial charge in [0.1, 0.15) is 5.60 Å². The van der Waals surface area contributed by atoms with Gasteiger partial charge in [0, 0.05) is 52.2 Å². The molecule has 0 spiro atoms. The molecule has 2 amide bonds. The summed E-state index contributed by atoms with van der Waals surface area (Å²) in [5.74, 6) is 1.42. The molecule has 1 saturated heterocycles. The van der Waals surface area contributed by atoms with Crippen LogP contribution in [0.1, 0.15) is 65.9 Å². The number of hydrogen-bond donors (Lipinski definition) is 3. The van der Waals surface area contributed by atoms with Gasteiger partial charge in [0.15, 0.2) is 11.5 Å². The molecule has 1 aromatic carbocycles. The minimum atomic E-state index is -1.24. The number of benzene rings is 1. The van der Waals surface area contributed by atoms with E-state index in [-0.39, 0.29) is 11.9 Å². The van der Waals surface area contributed by atoms with Gasteiger partial charge in [-0.05, 0) is 63.6 Å². The van der Waals surface area contributed by atoms with Crippen molar-refractivity contribution in [2.45, 2.75) is 84.9 Å². The van der Waals surface area contributed by atoms with E-state index in [1.54, 1.807) is 19.2 Å². The zero-order valence-corrected chi connectivity index (χ0v) is 25.4. The first kappa shape index (κ1) is 33.4. The molecule has 0 bridgehead atoms. The van der Waals surface area contributed by atoms with Crippen LogP contribution in [0, 0.1) is 5.92 Å². The molecule has 10 heteroatoms. The molecule has 40 heavy (non-hydrogen) atoms. The van der Waals surface area contributed by atoms with Crippen molar-refractivity contribution in [1.29, 1.82) is 0 Å². The fourth-order valence-corrected chi connectivity index (χ4v) is 4.27. The van der Waals surface area contributed by atoms with Gasteiger partial charge in [0.25, 0.3) is 6.41 Å². The normalized spacial score (nSPS) is 17.1. The number of amides is 2. The Morgan fingerprint density at radius 2 is 2.00 bits per heavy atom. The number of carbonyl (C=O) groups is 2. The summed E-state index contributed by atoms with van der Waals surface area (Å²) in [7, 11) is 3.22. The number of ether oxygens (including phenoxy) is 3. The largest absolute Gasteiger partial charge is 0.493 e. The first-order chi connectivity index (χ1) is 18.9. The van der Waals surface area contributed by atoms with Crippen LogP contribution in [-0.4, -0.2) is 85.3 Å². The van der Waals surface area contributed by atoms with Crippen LogP contribution in [0.2, 0.25) is 0 Å². The molecule has 0 saturated carbocycles. The maximum Gasteiger partial charge on any atom is 0.410 e. The van der Waals surface area contributed by atoms with Crippen molar-refractivity contribution in [2.24, 2.45) is 5.92 Å². The third-order valence-electron chi connectivity index (χ3n) is 6.36. The van der Waals surface area contributed by atoms with E-state index >= 15 is 0 Å². The molecule has 226 valence electrons. The summed E-state index contributed by atoms with van der Waals surface area (Å²) in [6.45, 7) is 12.3. The Morgan fingerprint density at radius 1 is 1.25 bits per heavy atom. The molecule has 2 unspecified atom stereocenters. The van der Waals surface area contributed by atoms with E-state index in [0.717, 1.165) is 24.8 Å². The topological polar surface area (TPSA) is 113 Å². The Kier molecular flexibility index (Phi) is 13.7. The van der Waals surface area contributed by atoms with E-state index in [2.05, 4.69) is 36.6 Å². The molecule has 3 N–H and O–H groups in total. The quantitative estimate of drug-likeness (QED) is 0.178. The molecule has 2 atom stereocenters. The van der Waals surface area contributed by atoms with E-state index in [1.807, 2.05) is 31.7 Å². The number of rotatable bonds is 14. The highest BCUT2D eigenvalue weighted by atomic mass is 16.6. The molecular formula is C30H50N4O6. The molecule has 0 radical (unpaired) electrons. The highest BCUT2D eigenvalue weighted by molar-refractivity contribution is 5.75. The first-order valence-electron chi connectivity index (χ1n) is 14.2. The van der Waals surface area contributed by atoms with Crippen molar-refractivity contribution < 1.29 is 28.9 Å². The van der Waals surface area contributed by atoms with Crippen molar-refractivity contribution >= 4 is 12.0 Å². The zero-order chi connectivity index (χ0) is 29.7. The Balaban J connectivity index is 1.90. The van der Waals surface area contributed by atoms with Crippen LogP contribution in [0.15, 0.2) is 30.4 Å². The van der Waals surface area contributed by atoms with E-state index in [1.165, 1.54) is 12.0 Å². The van der Waals surface area contributed by atoms with Crippen molar-refractivity contribution in [3.63, 3.8) is 0 Å². The number of hydrogen-bond acceptors (Lipinski definition) is 8. The van der Waals surface area contributed by atoms with Gasteiger partial charge in [0.2, 0.25) is 5.91 Å². The third-order valence-corrected chi connectivity index (χ3v) is 6.36. The van der Waals surface area contributed by atoms with Gasteiger partial charge in [-0.2, -0.15) is 0 Å². The summed E-state index contributed by atoms with van der Waals surface area (Å²) in [6.07, 6.45) is 6.03. The number of likely N-dealkylation sites (N-methyl/N-ethyl adjacent to an activating group) is 1. The second-order valence-corrected chi connectivity index (χ2v) is 11.6. The van der Waals surface area contributed by atoms with Gasteiger partial charge in [-0.3, -0.25) is 4.79 Å². The molecule has 1 aromatic rings. The van der Waals surface area contributed by atoms with Crippen LogP contribution in [-0.2, 0) is 16.1 Å². The highest BCUT2D eigenvalue weighted by Gasteiger charge is 2.32. The summed E-state index contributed by atoms with van der Waals surface area (Å²) < 4.78 is 16.9. The van der Waals surface area contributed by atoms with E-state index < -0.39 is 18.1 Å². The maximum atomic E-state index is 12.4. The number of nitrogens with zero attached hydrogens (tertiary/aromatic N) is 2. The van der Waals surface area contributed by atoms with E-state index in [0.29, 0.717) is 56.6 Å². The predicted octanol–water partition coefficient (Wildman–Crippen LogP) is 3.88. The monoisotopic (exact) mass is 562 g/mol. The summed E-state index contributed by atoms with van der Waals surface area (Å²) in [5.41, 5.74) is 0.278. The SMILES string of the molecule is COc1cc(CNC(=O)CCCC/C=C/C(C)C)ccc1OC(O)N1CCNCC1CN(C)C(=O)OC(C)(C)C. The van der Waals surface area contributed by atoms with Crippen LogP contribution >= 0.6 is 0 Å². The highest BCUT2D eigenvalue weighted by Crippen LogP contribution is 2.29. The van der Waals surface area contributed by atoms with E-state index in [4.69, 9.17) is 14.2 Å². The standard InChI is InChI=1S/C30H50N4O6/c1-22(2)12-10-8-9-11-13-27(35)32-19-23-14-15-25(26(18-23)38-7)39-29(37)34-17-16-31-20-24(34)21-33(6)28(36)40-30(3,4)5/h10,12,14-15,18,22,24,29,31,37H,8-9,11,13,16-17,19-21H2,1-7H3,(H,32,35)/b12-10+. The lowest BCUT2D eigenvalue weighted by atomic mass is 10.1. The van der Waals surface area contributed by atoms with Crippen LogP contribution < -0.4 is 20.1 Å². The van der Waals surface area contributed by atoms with Crippen LogP contribution in [0.3, 0.4) is 0 Å². The van der Waals surface area contributed by atoms with Crippen molar-refractivity contribution in [1.82, 2.24) is 20.4 Å². The van der Waals surface area contributed by atoms with Gasteiger partial charge < -0.3 is 34.9 Å². The summed E-state index contributed by atoms with van der Waals surface area (Å²) in [5, 5.41) is 17.3. The van der Waals surface area contributed by atoms with Crippen LogP contribution in [0.5, 0.6) is 11.5 Å². The lowest BCUT2D eigenvalue weighted by Crippen LogP contribution is -2.60. The van der Waals surface area contributed by atoms with Crippen LogP contribution in [0.4, 0.5) is 4.79 Å². The number of methoxy groups -OCH3 is 1. The molecule has 1 aliphatic heterocycles. The number of unbranched alkanes of at least 4 members (excludes halogenated alkanes) is 2. The van der Waals surface area contributed by atoms with Crippen LogP contribution in [0.25, 0.3) is 0 Å². The molecule has 1 fully saturated rings. The number of aliphatic hydroxyl groups is 1. The predicted molar refractivity (Wildman–Crippen MR) is 156 cm³/mol. The van der Waals surface area contributed by atoms with Crippen molar-refractivity contribution in [3.8, 4) is 11.5 Å². The summed E-state index contributed by atoms with van der Waals surface area (Å²) in [6, 6.07) is 5.18. The molecule has 0 aliphatic carbocycles. The lowest BCUT2D eigenvalue weighted by molar-refractivity contribution is -0.159. The molecule has 2 rings (SSSR count). The molecular weight excluding hydrogens is 512 g/mol. The van der Waals surface area contributed by atoms with Gasteiger partial charge in [-0.15, -0.1) is 0 Å². The molecule has 1 aliphatic rings. The number of aliphatic hydroxyl groups excluding tert-OH is 1. The van der Waals surface area contributed by atoms with E-state index in [9.17, 15) is 14.7 Å². The van der Waals surface area contributed by atoms with Gasteiger partial charge >= 0.3 is 6.09 Å². The summed E-state index contributed by atoms with van der Waals surface area (Å²) in [4.78, 5) is 28.0. The fourth-order valence-electron chi connectivity index (χ4n) is 4.27. The van der Waals surface area contributed by atoms with Crippen molar-refractivity contribution in [2.75, 3.05) is 40.3 Å². The minimum Gasteiger partial charge on any atom is -0.493 e. The van der Waals surface area contributed by atoms with Gasteiger partial charge in [0.05, 0.1) is 7.11 Å². The second-order valence-electron chi connectivity index (χ2n) is 11.6. The smallest absolute Gasteiger partial charge is 0.410 e. The molecule has 10 nitrogen and oxygen atoms in total. The Hall–Kier alpha value is -2.82. The number of piperazine rings is 1. The first-order valence-corrected chi connectivity index (χ1v) is 14.2. The zero-order valence-electron chi connectivity index (χ0n) is 25.4. The maximum absolute atomic E-state index is 12.4. The second kappa shape index (κ2) is 16.4. The molecule has 0 aromatic heterocycles. The lowest BCUT2D eigenvalue weighted by Gasteiger charge is -2.40. The van der Waals surface area contributed by atoms with Crippen molar-refractivity contribution in [3.05, 3.63) is 35.9 Å². The number of nitrogens with one attached hydrogen (secondary N) is 2. The summed E-state index contributed by atoms with van der Waals surface area (Å²) >= 11 is 0. The van der Waals surface area contributed by atoms with Gasteiger partial charge in [-0.1, -0.05) is 32.1 Å². The average Bonchev–Trinajstić information content (AvgIpc) is 2.89.